The molecule has 0 aliphatic carbocycles. The van der Waals surface area contributed by atoms with Crippen LogP contribution in [0.2, 0.25) is 0 Å². The molecule has 1 N–H and O–H groups in total. The lowest BCUT2D eigenvalue weighted by atomic mass is 10.4. The maximum atomic E-state index is 11.8. The molecule has 106 valence electrons. The lowest BCUT2D eigenvalue weighted by Crippen LogP contribution is -2.12. The van der Waals surface area contributed by atoms with E-state index in [1.165, 1.54) is 11.3 Å². The molecule has 0 atom stereocenters. The van der Waals surface area contributed by atoms with Gasteiger partial charge in [0.25, 0.3) is 0 Å². The quantitative estimate of drug-likeness (QED) is 0.831. The summed E-state index contributed by atoms with van der Waals surface area (Å²) < 4.78 is 0. The highest BCUT2D eigenvalue weighted by atomic mass is 32.2. The highest BCUT2D eigenvalue weighted by molar-refractivity contribution is 7.98. The van der Waals surface area contributed by atoms with Crippen LogP contribution in [0.3, 0.4) is 0 Å². The molecule has 0 fully saturated rings. The van der Waals surface area contributed by atoms with Crippen LogP contribution in [0, 0.1) is 13.8 Å². The van der Waals surface area contributed by atoms with Gasteiger partial charge >= 0.3 is 0 Å². The van der Waals surface area contributed by atoms with E-state index in [0.717, 1.165) is 27.8 Å². The van der Waals surface area contributed by atoms with Gasteiger partial charge in [0, 0.05) is 29.0 Å². The minimum absolute atomic E-state index is 0.0206. The van der Waals surface area contributed by atoms with E-state index in [9.17, 15) is 4.79 Å². The second-order valence-electron chi connectivity index (χ2n) is 4.33. The zero-order chi connectivity index (χ0) is 14.4. The highest BCUT2D eigenvalue weighted by Crippen LogP contribution is 2.21. The van der Waals surface area contributed by atoms with E-state index in [-0.39, 0.29) is 5.91 Å². The first-order valence-electron chi connectivity index (χ1n) is 6.36. The maximum absolute atomic E-state index is 11.8. The van der Waals surface area contributed by atoms with E-state index in [1.54, 1.807) is 18.0 Å². The zero-order valence-electron chi connectivity index (χ0n) is 11.5. The molecule has 4 nitrogen and oxygen atoms in total. The van der Waals surface area contributed by atoms with Gasteiger partial charge in [-0.3, -0.25) is 9.78 Å². The van der Waals surface area contributed by atoms with Crippen LogP contribution >= 0.6 is 23.1 Å². The van der Waals surface area contributed by atoms with Crippen molar-refractivity contribution in [3.63, 3.8) is 0 Å². The zero-order valence-corrected chi connectivity index (χ0v) is 13.2. The van der Waals surface area contributed by atoms with Crippen LogP contribution in [-0.2, 0) is 10.5 Å². The number of amides is 1. The number of hydrogen-bond acceptors (Lipinski definition) is 5. The number of aryl methyl sites for hydroxylation is 2. The Morgan fingerprint density at radius 1 is 1.40 bits per heavy atom. The van der Waals surface area contributed by atoms with Crippen molar-refractivity contribution in [2.24, 2.45) is 0 Å². The Morgan fingerprint density at radius 2 is 2.25 bits per heavy atom. The van der Waals surface area contributed by atoms with Crippen molar-refractivity contribution in [3.05, 3.63) is 40.7 Å². The number of aromatic nitrogens is 2. The van der Waals surface area contributed by atoms with E-state index >= 15 is 0 Å². The van der Waals surface area contributed by atoms with Crippen molar-refractivity contribution >= 4 is 34.1 Å². The molecular weight excluding hydrogens is 290 g/mol. The second kappa shape index (κ2) is 7.40. The van der Waals surface area contributed by atoms with Crippen LogP contribution in [0.25, 0.3) is 0 Å². The largest absolute Gasteiger partial charge is 0.302 e. The standard InChI is InChI=1S/C14H17N3OS2/c1-10-11(2)20-14(16-10)17-13(18)6-8-19-9-12-5-3-4-7-15-12/h3-5,7H,6,8-9H2,1-2H3,(H,16,17,18). The smallest absolute Gasteiger partial charge is 0.226 e. The molecule has 2 aromatic rings. The molecule has 0 spiro atoms. The number of nitrogens with zero attached hydrogens (tertiary/aromatic N) is 2. The summed E-state index contributed by atoms with van der Waals surface area (Å²) in [6, 6.07) is 5.87. The second-order valence-corrected chi connectivity index (χ2v) is 6.64. The third-order valence-electron chi connectivity index (χ3n) is 2.72. The molecule has 2 aromatic heterocycles. The van der Waals surface area contributed by atoms with Gasteiger partial charge in [0.05, 0.1) is 11.4 Å². The molecule has 0 unspecified atom stereocenters. The first-order valence-corrected chi connectivity index (χ1v) is 8.34. The monoisotopic (exact) mass is 307 g/mol. The SMILES string of the molecule is Cc1nc(NC(=O)CCSCc2ccccn2)sc1C. The Balaban J connectivity index is 1.68. The van der Waals surface area contributed by atoms with Gasteiger partial charge in [-0.1, -0.05) is 6.07 Å². The van der Waals surface area contributed by atoms with E-state index in [2.05, 4.69) is 15.3 Å². The number of pyridine rings is 1. The van der Waals surface area contributed by atoms with Crippen LogP contribution in [0.5, 0.6) is 0 Å². The van der Waals surface area contributed by atoms with Gasteiger partial charge in [-0.2, -0.15) is 11.8 Å². The van der Waals surface area contributed by atoms with Crippen LogP contribution < -0.4 is 5.32 Å². The lowest BCUT2D eigenvalue weighted by Gasteiger charge is -2.02. The topological polar surface area (TPSA) is 54.9 Å². The Labute approximate surface area is 127 Å². The number of thioether (sulfide) groups is 1. The van der Waals surface area contributed by atoms with Crippen molar-refractivity contribution in [2.45, 2.75) is 26.0 Å². The third kappa shape index (κ3) is 4.61. The minimum Gasteiger partial charge on any atom is -0.302 e. The first kappa shape index (κ1) is 15.0. The molecule has 2 heterocycles. The molecule has 0 radical (unpaired) electrons. The van der Waals surface area contributed by atoms with Gasteiger partial charge in [-0.25, -0.2) is 4.98 Å². The van der Waals surface area contributed by atoms with Gasteiger partial charge in [0.1, 0.15) is 0 Å². The van der Waals surface area contributed by atoms with Crippen LogP contribution in [0.4, 0.5) is 5.13 Å². The van der Waals surface area contributed by atoms with Crippen molar-refractivity contribution in [2.75, 3.05) is 11.1 Å². The molecular formula is C14H17N3OS2. The number of hydrogen-bond donors (Lipinski definition) is 1. The maximum Gasteiger partial charge on any atom is 0.226 e. The fraction of sp³-hybridized carbons (Fsp3) is 0.357. The Kier molecular flexibility index (Phi) is 5.55. The summed E-state index contributed by atoms with van der Waals surface area (Å²) in [5.41, 5.74) is 2.03. The van der Waals surface area contributed by atoms with Gasteiger partial charge in [-0.05, 0) is 26.0 Å². The molecule has 0 saturated carbocycles. The average Bonchev–Trinajstić information content (AvgIpc) is 2.74. The molecule has 0 aliphatic rings. The predicted molar refractivity (Wildman–Crippen MR) is 85.2 cm³/mol. The molecule has 0 bridgehead atoms. The van der Waals surface area contributed by atoms with Crippen molar-refractivity contribution in [1.29, 1.82) is 0 Å². The average molecular weight is 307 g/mol. The first-order chi connectivity index (χ1) is 9.65. The number of anilines is 1. The summed E-state index contributed by atoms with van der Waals surface area (Å²) >= 11 is 3.23. The van der Waals surface area contributed by atoms with Crippen molar-refractivity contribution < 1.29 is 4.79 Å². The van der Waals surface area contributed by atoms with Crippen LogP contribution in [0.15, 0.2) is 24.4 Å². The number of thiazole rings is 1. The molecule has 0 aromatic carbocycles. The fourth-order valence-corrected chi connectivity index (χ4v) is 3.22. The highest BCUT2D eigenvalue weighted by Gasteiger charge is 2.07. The lowest BCUT2D eigenvalue weighted by molar-refractivity contribution is -0.115. The van der Waals surface area contributed by atoms with Gasteiger partial charge in [-0.15, -0.1) is 11.3 Å². The molecule has 20 heavy (non-hydrogen) atoms. The van der Waals surface area contributed by atoms with Crippen LogP contribution in [-0.4, -0.2) is 21.6 Å². The summed E-state index contributed by atoms with van der Waals surface area (Å²) in [5.74, 6) is 1.64. The molecule has 2 rings (SSSR count). The Hall–Kier alpha value is -1.40. The van der Waals surface area contributed by atoms with Gasteiger partial charge < -0.3 is 5.32 Å². The fourth-order valence-electron chi connectivity index (χ4n) is 1.53. The van der Waals surface area contributed by atoms with Gasteiger partial charge in [0.2, 0.25) is 5.91 Å². The Morgan fingerprint density at radius 3 is 2.90 bits per heavy atom. The number of carbonyl (C=O) groups is 1. The van der Waals surface area contributed by atoms with E-state index < -0.39 is 0 Å². The summed E-state index contributed by atoms with van der Waals surface area (Å²) in [5, 5.41) is 3.54. The third-order valence-corrected chi connectivity index (χ3v) is 4.71. The summed E-state index contributed by atoms with van der Waals surface area (Å²) in [7, 11) is 0. The molecule has 6 heteroatoms. The van der Waals surface area contributed by atoms with E-state index in [1.807, 2.05) is 32.0 Å². The summed E-state index contributed by atoms with van der Waals surface area (Å²) in [6.07, 6.45) is 2.28. The minimum atomic E-state index is 0.0206. The summed E-state index contributed by atoms with van der Waals surface area (Å²) in [6.45, 7) is 3.95. The molecule has 0 saturated heterocycles. The predicted octanol–water partition coefficient (Wildman–Crippen LogP) is 3.42. The van der Waals surface area contributed by atoms with Crippen LogP contribution in [0.1, 0.15) is 22.7 Å². The molecule has 1 amide bonds. The number of carbonyl (C=O) groups excluding carboxylic acids is 1. The summed E-state index contributed by atoms with van der Waals surface area (Å²) in [4.78, 5) is 21.5. The van der Waals surface area contributed by atoms with Gasteiger partial charge in [0.15, 0.2) is 5.13 Å². The molecule has 0 aliphatic heterocycles. The van der Waals surface area contributed by atoms with Crippen molar-refractivity contribution in [1.82, 2.24) is 9.97 Å². The van der Waals surface area contributed by atoms with E-state index in [0.29, 0.717) is 11.6 Å². The normalized spacial score (nSPS) is 10.5. The number of rotatable bonds is 6. The van der Waals surface area contributed by atoms with E-state index in [4.69, 9.17) is 0 Å². The number of nitrogens with one attached hydrogen (secondary N) is 1. The Bertz CT molecular complexity index is 550. The van der Waals surface area contributed by atoms with Crippen molar-refractivity contribution in [3.8, 4) is 0 Å².